The minimum absolute atomic E-state index is 0.215. The van der Waals surface area contributed by atoms with E-state index in [-0.39, 0.29) is 5.56 Å². The van der Waals surface area contributed by atoms with Gasteiger partial charge in [-0.1, -0.05) is 30.3 Å². The lowest BCUT2D eigenvalue weighted by Crippen LogP contribution is -2.13. The molecule has 2 aromatic carbocycles. The minimum Gasteiger partial charge on any atom is -0.325 e. The fourth-order valence-corrected chi connectivity index (χ4v) is 3.38. The molecule has 6 heteroatoms. The number of hydrogen-bond donors (Lipinski definition) is 2. The molecule has 4 aromatic rings. The molecule has 0 aliphatic rings. The van der Waals surface area contributed by atoms with Crippen LogP contribution in [-0.4, -0.2) is 21.2 Å². The number of rotatable bonds is 4. The monoisotopic (exact) mass is 374 g/mol. The second-order valence-electron chi connectivity index (χ2n) is 6.14. The van der Waals surface area contributed by atoms with Crippen molar-refractivity contribution in [1.82, 2.24) is 15.0 Å². The van der Waals surface area contributed by atoms with Crippen molar-refractivity contribution < 1.29 is 0 Å². The molecular formula is C21H18N4OS. The molecule has 0 atom stereocenters. The summed E-state index contributed by atoms with van der Waals surface area (Å²) in [5.41, 5.74) is 3.95. The molecule has 0 fully saturated rings. The van der Waals surface area contributed by atoms with E-state index in [1.807, 2.05) is 67.8 Å². The number of aromatic amines is 1. The summed E-state index contributed by atoms with van der Waals surface area (Å²) in [4.78, 5) is 25.6. The third-order valence-corrected chi connectivity index (χ3v) is 5.15. The van der Waals surface area contributed by atoms with Crippen molar-refractivity contribution >= 4 is 34.4 Å². The Morgan fingerprint density at radius 3 is 2.56 bits per heavy atom. The zero-order valence-electron chi connectivity index (χ0n) is 15.0. The molecule has 0 bridgehead atoms. The first-order chi connectivity index (χ1) is 13.2. The highest BCUT2D eigenvalue weighted by Crippen LogP contribution is 2.27. The van der Waals surface area contributed by atoms with Gasteiger partial charge in [0.25, 0.3) is 5.56 Å². The fourth-order valence-electron chi connectivity index (χ4n) is 2.97. The Morgan fingerprint density at radius 1 is 1.04 bits per heavy atom. The van der Waals surface area contributed by atoms with E-state index < -0.39 is 0 Å². The molecule has 2 aromatic heterocycles. The molecule has 0 aliphatic carbocycles. The van der Waals surface area contributed by atoms with E-state index in [0.717, 1.165) is 22.4 Å². The van der Waals surface area contributed by atoms with Gasteiger partial charge in [-0.15, -0.1) is 11.8 Å². The lowest BCUT2D eigenvalue weighted by molar-refractivity contribution is 1.14. The molecule has 0 saturated carbocycles. The number of fused-ring (bicyclic) bond motifs is 1. The molecular weight excluding hydrogens is 356 g/mol. The van der Waals surface area contributed by atoms with Crippen molar-refractivity contribution in [3.8, 4) is 11.1 Å². The summed E-state index contributed by atoms with van der Waals surface area (Å²) in [5, 5.41) is 3.66. The topological polar surface area (TPSA) is 70.7 Å². The second-order valence-corrected chi connectivity index (χ2v) is 7.02. The number of nitrogens with zero attached hydrogens (tertiary/aromatic N) is 2. The number of aromatic nitrogens is 3. The van der Waals surface area contributed by atoms with E-state index in [1.54, 1.807) is 18.0 Å². The first kappa shape index (κ1) is 17.3. The number of anilines is 2. The number of para-hydroxylation sites is 1. The Bertz CT molecular complexity index is 1170. The van der Waals surface area contributed by atoms with Crippen molar-refractivity contribution in [3.05, 3.63) is 76.7 Å². The summed E-state index contributed by atoms with van der Waals surface area (Å²) in [6.45, 7) is 2.00. The van der Waals surface area contributed by atoms with Gasteiger partial charge in [0.05, 0.1) is 5.39 Å². The zero-order valence-corrected chi connectivity index (χ0v) is 15.8. The minimum atomic E-state index is -0.215. The molecule has 5 nitrogen and oxygen atoms in total. The highest BCUT2D eigenvalue weighted by atomic mass is 32.2. The van der Waals surface area contributed by atoms with Crippen LogP contribution in [0.5, 0.6) is 0 Å². The Balaban J connectivity index is 1.80. The van der Waals surface area contributed by atoms with Gasteiger partial charge in [-0.3, -0.25) is 9.78 Å². The Labute approximate surface area is 160 Å². The van der Waals surface area contributed by atoms with Crippen LogP contribution in [0.1, 0.15) is 5.56 Å². The van der Waals surface area contributed by atoms with Gasteiger partial charge in [0.15, 0.2) is 5.65 Å². The maximum Gasteiger partial charge on any atom is 0.262 e. The largest absolute Gasteiger partial charge is 0.325 e. The van der Waals surface area contributed by atoms with E-state index >= 15 is 0 Å². The van der Waals surface area contributed by atoms with Gasteiger partial charge < -0.3 is 5.32 Å². The predicted molar refractivity (Wildman–Crippen MR) is 112 cm³/mol. The molecule has 2 N–H and O–H groups in total. The molecule has 0 spiro atoms. The highest BCUT2D eigenvalue weighted by molar-refractivity contribution is 7.98. The number of thioether (sulfide) groups is 1. The summed E-state index contributed by atoms with van der Waals surface area (Å²) in [5.74, 6) is 0.379. The predicted octanol–water partition coefficient (Wildman–Crippen LogP) is 4.76. The average Bonchev–Trinajstić information content (AvgIpc) is 2.69. The second kappa shape index (κ2) is 7.25. The summed E-state index contributed by atoms with van der Waals surface area (Å²) in [6.07, 6.45) is 3.72. The van der Waals surface area contributed by atoms with Crippen LogP contribution in [0.2, 0.25) is 0 Å². The van der Waals surface area contributed by atoms with Crippen LogP contribution in [0.3, 0.4) is 0 Å². The smallest absolute Gasteiger partial charge is 0.262 e. The van der Waals surface area contributed by atoms with Crippen LogP contribution >= 0.6 is 11.8 Å². The normalized spacial score (nSPS) is 10.9. The van der Waals surface area contributed by atoms with E-state index in [2.05, 4.69) is 20.3 Å². The maximum absolute atomic E-state index is 12.8. The lowest BCUT2D eigenvalue weighted by atomic mass is 10.0. The lowest BCUT2D eigenvalue weighted by Gasteiger charge is -2.10. The molecule has 0 amide bonds. The number of aryl methyl sites for hydroxylation is 1. The summed E-state index contributed by atoms with van der Waals surface area (Å²) in [6, 6.07) is 17.8. The molecule has 27 heavy (non-hydrogen) atoms. The summed E-state index contributed by atoms with van der Waals surface area (Å²) in [7, 11) is 0. The highest BCUT2D eigenvalue weighted by Gasteiger charge is 2.12. The van der Waals surface area contributed by atoms with E-state index in [0.29, 0.717) is 17.0 Å². The third kappa shape index (κ3) is 3.44. The Morgan fingerprint density at radius 2 is 1.81 bits per heavy atom. The first-order valence-corrected chi connectivity index (χ1v) is 9.74. The van der Waals surface area contributed by atoms with E-state index in [9.17, 15) is 4.79 Å². The summed E-state index contributed by atoms with van der Waals surface area (Å²) < 4.78 is 0. The van der Waals surface area contributed by atoms with Crippen LogP contribution in [0, 0.1) is 6.92 Å². The van der Waals surface area contributed by atoms with Gasteiger partial charge in [-0.2, -0.15) is 4.98 Å². The van der Waals surface area contributed by atoms with Crippen LogP contribution in [0.4, 0.5) is 11.6 Å². The number of hydrogen-bond acceptors (Lipinski definition) is 5. The van der Waals surface area contributed by atoms with Crippen LogP contribution in [-0.2, 0) is 0 Å². The number of nitrogens with one attached hydrogen (secondary N) is 2. The number of pyridine rings is 1. The van der Waals surface area contributed by atoms with Gasteiger partial charge in [-0.05, 0) is 54.1 Å². The number of H-pyrrole nitrogens is 1. The van der Waals surface area contributed by atoms with Crippen LogP contribution < -0.4 is 10.9 Å². The SMILES string of the molecule is CSc1ccc(-c2ccnc3nc(Nc4ccccc4C)[nH]c(=O)c23)cc1. The summed E-state index contributed by atoms with van der Waals surface area (Å²) >= 11 is 1.68. The van der Waals surface area contributed by atoms with E-state index in [1.165, 1.54) is 4.90 Å². The van der Waals surface area contributed by atoms with Crippen molar-refractivity contribution in [2.45, 2.75) is 11.8 Å². The van der Waals surface area contributed by atoms with Gasteiger partial charge in [-0.25, -0.2) is 4.98 Å². The van der Waals surface area contributed by atoms with Gasteiger partial charge in [0.1, 0.15) is 0 Å². The van der Waals surface area contributed by atoms with E-state index in [4.69, 9.17) is 0 Å². The van der Waals surface area contributed by atoms with Gasteiger partial charge in [0, 0.05) is 16.8 Å². The maximum atomic E-state index is 12.8. The Kier molecular flexibility index (Phi) is 4.64. The molecule has 0 aliphatic heterocycles. The van der Waals surface area contributed by atoms with Crippen molar-refractivity contribution in [1.29, 1.82) is 0 Å². The zero-order chi connectivity index (χ0) is 18.8. The van der Waals surface area contributed by atoms with Crippen molar-refractivity contribution in [3.63, 3.8) is 0 Å². The van der Waals surface area contributed by atoms with Gasteiger partial charge >= 0.3 is 0 Å². The average molecular weight is 374 g/mol. The Hall–Kier alpha value is -3.12. The third-order valence-electron chi connectivity index (χ3n) is 4.41. The van der Waals surface area contributed by atoms with Crippen molar-refractivity contribution in [2.24, 2.45) is 0 Å². The standard InChI is InChI=1S/C21H18N4OS/c1-13-5-3-4-6-17(13)23-21-24-19-18(20(26)25-21)16(11-12-22-19)14-7-9-15(27-2)10-8-14/h3-12H,1-2H3,(H2,22,23,24,25,26). The molecule has 0 unspecified atom stereocenters. The molecule has 134 valence electrons. The van der Waals surface area contributed by atoms with Crippen LogP contribution in [0.25, 0.3) is 22.2 Å². The van der Waals surface area contributed by atoms with Crippen molar-refractivity contribution in [2.75, 3.05) is 11.6 Å². The molecule has 2 heterocycles. The van der Waals surface area contributed by atoms with Gasteiger partial charge in [0.2, 0.25) is 5.95 Å². The quantitative estimate of drug-likeness (QED) is 0.504. The fraction of sp³-hybridized carbons (Fsp3) is 0.0952. The number of benzene rings is 2. The molecule has 0 saturated heterocycles. The molecule has 4 rings (SSSR count). The molecule has 0 radical (unpaired) electrons. The first-order valence-electron chi connectivity index (χ1n) is 8.52. The van der Waals surface area contributed by atoms with Crippen LogP contribution in [0.15, 0.2) is 70.5 Å².